The van der Waals surface area contributed by atoms with Gasteiger partial charge < -0.3 is 9.73 Å². The molecule has 27 heavy (non-hydrogen) atoms. The third-order valence-corrected chi connectivity index (χ3v) is 4.39. The van der Waals surface area contributed by atoms with E-state index in [1.54, 1.807) is 12.1 Å². The second-order valence-electron chi connectivity index (χ2n) is 5.93. The van der Waals surface area contributed by atoms with Crippen LogP contribution >= 0.6 is 9.24 Å². The maximum atomic E-state index is 12.3. The van der Waals surface area contributed by atoms with E-state index in [-0.39, 0.29) is 5.91 Å². The SMILES string of the molecule is O=C(Nc1ccc(-c2nnc(-c3ccccc3)o2)cc1)c1ccc(P)cc1. The van der Waals surface area contributed by atoms with E-state index < -0.39 is 0 Å². The van der Waals surface area contributed by atoms with Gasteiger partial charge in [-0.25, -0.2) is 0 Å². The predicted octanol–water partition coefficient (Wildman–Crippen LogP) is 4.16. The van der Waals surface area contributed by atoms with Crippen LogP contribution in [0.25, 0.3) is 22.9 Å². The molecule has 0 fully saturated rings. The molecule has 0 aliphatic rings. The summed E-state index contributed by atoms with van der Waals surface area (Å²) in [6.07, 6.45) is 0. The van der Waals surface area contributed by atoms with E-state index in [0.717, 1.165) is 16.4 Å². The fourth-order valence-corrected chi connectivity index (χ4v) is 2.76. The molecule has 1 unspecified atom stereocenters. The van der Waals surface area contributed by atoms with Crippen molar-refractivity contribution in [1.29, 1.82) is 0 Å². The summed E-state index contributed by atoms with van der Waals surface area (Å²) in [6, 6.07) is 24.2. The van der Waals surface area contributed by atoms with Gasteiger partial charge in [0.15, 0.2) is 0 Å². The van der Waals surface area contributed by atoms with Crippen LogP contribution in [0, 0.1) is 0 Å². The van der Waals surface area contributed by atoms with E-state index in [4.69, 9.17) is 4.42 Å². The Bertz CT molecular complexity index is 1060. The van der Waals surface area contributed by atoms with Crippen LogP contribution in [0.5, 0.6) is 0 Å². The summed E-state index contributed by atoms with van der Waals surface area (Å²) < 4.78 is 5.75. The van der Waals surface area contributed by atoms with Crippen molar-refractivity contribution in [2.45, 2.75) is 0 Å². The van der Waals surface area contributed by atoms with Crippen LogP contribution in [0.15, 0.2) is 83.3 Å². The van der Waals surface area contributed by atoms with Crippen LogP contribution < -0.4 is 10.6 Å². The number of benzene rings is 3. The van der Waals surface area contributed by atoms with Gasteiger partial charge in [0.1, 0.15) is 0 Å². The lowest BCUT2D eigenvalue weighted by Gasteiger charge is -2.06. The zero-order valence-corrected chi connectivity index (χ0v) is 15.4. The molecule has 6 heteroatoms. The van der Waals surface area contributed by atoms with E-state index in [2.05, 4.69) is 24.8 Å². The number of carbonyl (C=O) groups excluding carboxylic acids is 1. The highest BCUT2D eigenvalue weighted by molar-refractivity contribution is 7.27. The Morgan fingerprint density at radius 1 is 0.778 bits per heavy atom. The normalized spacial score (nSPS) is 10.6. The van der Waals surface area contributed by atoms with E-state index in [9.17, 15) is 4.79 Å². The Morgan fingerprint density at radius 2 is 1.37 bits per heavy atom. The molecule has 1 atom stereocenters. The second-order valence-corrected chi connectivity index (χ2v) is 6.60. The van der Waals surface area contributed by atoms with Crippen molar-refractivity contribution in [2.75, 3.05) is 5.32 Å². The Labute approximate surface area is 158 Å². The number of amides is 1. The Kier molecular flexibility index (Phi) is 4.77. The van der Waals surface area contributed by atoms with E-state index in [0.29, 0.717) is 23.0 Å². The molecular weight excluding hydrogens is 357 g/mol. The van der Waals surface area contributed by atoms with Gasteiger partial charge in [-0.1, -0.05) is 30.3 Å². The molecule has 3 aromatic carbocycles. The van der Waals surface area contributed by atoms with Crippen molar-refractivity contribution in [1.82, 2.24) is 10.2 Å². The summed E-state index contributed by atoms with van der Waals surface area (Å²) in [6.45, 7) is 0. The molecule has 4 rings (SSSR count). The number of aromatic nitrogens is 2. The molecule has 0 radical (unpaired) electrons. The van der Waals surface area contributed by atoms with Crippen LogP contribution in [0.3, 0.4) is 0 Å². The monoisotopic (exact) mass is 373 g/mol. The topological polar surface area (TPSA) is 68.0 Å². The van der Waals surface area contributed by atoms with Gasteiger partial charge in [0.25, 0.3) is 5.91 Å². The van der Waals surface area contributed by atoms with E-state index >= 15 is 0 Å². The lowest BCUT2D eigenvalue weighted by molar-refractivity contribution is 0.102. The molecule has 1 aromatic heterocycles. The second kappa shape index (κ2) is 7.52. The van der Waals surface area contributed by atoms with Crippen LogP contribution in [-0.4, -0.2) is 16.1 Å². The summed E-state index contributed by atoms with van der Waals surface area (Å²) in [5.74, 6) is 0.750. The molecule has 4 aromatic rings. The number of hydrogen-bond acceptors (Lipinski definition) is 4. The van der Waals surface area contributed by atoms with Crippen LogP contribution in [0.1, 0.15) is 10.4 Å². The first-order chi connectivity index (χ1) is 13.2. The van der Waals surface area contributed by atoms with Crippen molar-refractivity contribution in [2.24, 2.45) is 0 Å². The molecule has 0 aliphatic heterocycles. The van der Waals surface area contributed by atoms with Gasteiger partial charge in [0.2, 0.25) is 11.8 Å². The first kappa shape index (κ1) is 17.1. The summed E-state index contributed by atoms with van der Waals surface area (Å²) in [5, 5.41) is 12.1. The molecule has 1 heterocycles. The standard InChI is InChI=1S/C21H16N3O2P/c25-19(14-8-12-18(27)13-9-14)22-17-10-6-16(7-11-17)21-24-23-20(26-21)15-4-2-1-3-5-15/h1-13H,27H2,(H,22,25). The van der Waals surface area contributed by atoms with Crippen molar-refractivity contribution < 1.29 is 9.21 Å². The minimum Gasteiger partial charge on any atom is -0.416 e. The smallest absolute Gasteiger partial charge is 0.255 e. The summed E-state index contributed by atoms with van der Waals surface area (Å²) in [5.41, 5.74) is 2.96. The van der Waals surface area contributed by atoms with E-state index in [1.807, 2.05) is 66.7 Å². The highest BCUT2D eigenvalue weighted by atomic mass is 31.0. The first-order valence-corrected chi connectivity index (χ1v) is 8.93. The predicted molar refractivity (Wildman–Crippen MR) is 109 cm³/mol. The average Bonchev–Trinajstić information content (AvgIpc) is 3.20. The van der Waals surface area contributed by atoms with Crippen molar-refractivity contribution in [3.63, 3.8) is 0 Å². The van der Waals surface area contributed by atoms with Crippen LogP contribution in [0.4, 0.5) is 5.69 Å². The van der Waals surface area contributed by atoms with Gasteiger partial charge in [-0.3, -0.25) is 4.79 Å². The van der Waals surface area contributed by atoms with Crippen molar-refractivity contribution in [3.05, 3.63) is 84.4 Å². The summed E-state index contributed by atoms with van der Waals surface area (Å²) in [7, 11) is 2.60. The summed E-state index contributed by atoms with van der Waals surface area (Å²) >= 11 is 0. The molecule has 5 nitrogen and oxygen atoms in total. The van der Waals surface area contributed by atoms with Crippen LogP contribution in [0.2, 0.25) is 0 Å². The highest BCUT2D eigenvalue weighted by Gasteiger charge is 2.11. The lowest BCUT2D eigenvalue weighted by atomic mass is 10.2. The number of anilines is 1. The number of hydrogen-bond donors (Lipinski definition) is 1. The fourth-order valence-electron chi connectivity index (χ4n) is 2.57. The van der Waals surface area contributed by atoms with Crippen LogP contribution in [-0.2, 0) is 0 Å². The average molecular weight is 373 g/mol. The Hall–Kier alpha value is -3.30. The molecule has 0 saturated carbocycles. The number of carbonyl (C=O) groups is 1. The molecule has 0 saturated heterocycles. The first-order valence-electron chi connectivity index (χ1n) is 8.35. The molecular formula is C21H16N3O2P. The Morgan fingerprint density at radius 3 is 2.00 bits per heavy atom. The number of nitrogens with one attached hydrogen (secondary N) is 1. The summed E-state index contributed by atoms with van der Waals surface area (Å²) in [4.78, 5) is 12.3. The van der Waals surface area contributed by atoms with E-state index in [1.165, 1.54) is 0 Å². The van der Waals surface area contributed by atoms with Gasteiger partial charge in [0, 0.05) is 22.4 Å². The minimum absolute atomic E-state index is 0.156. The minimum atomic E-state index is -0.156. The lowest BCUT2D eigenvalue weighted by Crippen LogP contribution is -2.12. The van der Waals surface area contributed by atoms with Gasteiger partial charge in [0.05, 0.1) is 0 Å². The quantitative estimate of drug-likeness (QED) is 0.546. The molecule has 1 N–H and O–H groups in total. The van der Waals surface area contributed by atoms with Crippen molar-refractivity contribution >= 4 is 26.1 Å². The zero-order chi connectivity index (χ0) is 18.6. The third kappa shape index (κ3) is 3.94. The maximum Gasteiger partial charge on any atom is 0.255 e. The molecule has 0 spiro atoms. The maximum absolute atomic E-state index is 12.3. The molecule has 0 aliphatic carbocycles. The van der Waals surface area contributed by atoms with Gasteiger partial charge >= 0.3 is 0 Å². The third-order valence-electron chi connectivity index (χ3n) is 4.01. The largest absolute Gasteiger partial charge is 0.416 e. The van der Waals surface area contributed by atoms with Gasteiger partial charge in [-0.2, -0.15) is 0 Å². The molecule has 1 amide bonds. The highest BCUT2D eigenvalue weighted by Crippen LogP contribution is 2.24. The van der Waals surface area contributed by atoms with Gasteiger partial charge in [-0.05, 0) is 53.8 Å². The van der Waals surface area contributed by atoms with Crippen molar-refractivity contribution in [3.8, 4) is 22.9 Å². The number of nitrogens with zero attached hydrogens (tertiary/aromatic N) is 2. The zero-order valence-electron chi connectivity index (χ0n) is 14.3. The van der Waals surface area contributed by atoms with Gasteiger partial charge in [-0.15, -0.1) is 19.4 Å². The molecule has 0 bridgehead atoms. The fraction of sp³-hybridized carbons (Fsp3) is 0. The number of rotatable bonds is 4. The molecule has 132 valence electrons. The Balaban J connectivity index is 1.48.